The summed E-state index contributed by atoms with van der Waals surface area (Å²) in [6.07, 6.45) is 4.30. The molecule has 1 aromatic carbocycles. The van der Waals surface area contributed by atoms with Gasteiger partial charge < -0.3 is 10.0 Å². The van der Waals surface area contributed by atoms with E-state index in [1.807, 2.05) is 0 Å². The summed E-state index contributed by atoms with van der Waals surface area (Å²) in [7, 11) is 0. The zero-order chi connectivity index (χ0) is 18.1. The molecule has 0 bridgehead atoms. The summed E-state index contributed by atoms with van der Waals surface area (Å²) in [6, 6.07) is 3.15. The number of fused-ring (bicyclic) bond motifs is 1. The Morgan fingerprint density at radius 1 is 1.32 bits per heavy atom. The molecule has 2 aliphatic rings. The number of hydrogen-bond acceptors (Lipinski definition) is 4. The minimum Gasteiger partial charge on any atom is -0.480 e. The molecule has 1 N–H and O–H groups in total. The third-order valence-electron chi connectivity index (χ3n) is 5.25. The first kappa shape index (κ1) is 17.7. The van der Waals surface area contributed by atoms with E-state index in [-0.39, 0.29) is 35.0 Å². The van der Waals surface area contributed by atoms with Crippen molar-refractivity contribution >= 4 is 29.2 Å². The monoisotopic (exact) mass is 366 g/mol. The van der Waals surface area contributed by atoms with Crippen molar-refractivity contribution in [1.82, 2.24) is 4.90 Å². The van der Waals surface area contributed by atoms with Crippen molar-refractivity contribution in [1.29, 1.82) is 0 Å². The predicted molar refractivity (Wildman–Crippen MR) is 90.4 cm³/mol. The Balaban J connectivity index is 1.81. The van der Waals surface area contributed by atoms with Crippen LogP contribution in [0.3, 0.4) is 0 Å². The number of rotatable bonds is 4. The lowest BCUT2D eigenvalue weighted by molar-refractivity contribution is -0.384. The summed E-state index contributed by atoms with van der Waals surface area (Å²) < 4.78 is 0. The molecule has 1 aromatic rings. The molecule has 2 fully saturated rings. The normalized spacial score (nSPS) is 25.5. The molecule has 1 heterocycles. The molecular formula is C17H19ClN2O5. The van der Waals surface area contributed by atoms with Gasteiger partial charge in [0.1, 0.15) is 6.04 Å². The number of nitro groups is 1. The van der Waals surface area contributed by atoms with Gasteiger partial charge in [-0.25, -0.2) is 4.79 Å². The molecule has 1 aliphatic heterocycles. The minimum absolute atomic E-state index is 0.0285. The van der Waals surface area contributed by atoms with E-state index in [0.717, 1.165) is 25.7 Å². The number of nitrogens with zero attached hydrogens (tertiary/aromatic N) is 2. The van der Waals surface area contributed by atoms with E-state index in [2.05, 4.69) is 0 Å². The van der Waals surface area contributed by atoms with Gasteiger partial charge in [0.05, 0.1) is 16.4 Å². The SMILES string of the molecule is O=C(O)C1CC2CCCCC2N1C(=O)Cc1ccc([N+](=O)[O-])cc1Cl. The number of halogens is 1. The van der Waals surface area contributed by atoms with E-state index in [1.165, 1.54) is 23.1 Å². The molecule has 3 atom stereocenters. The lowest BCUT2D eigenvalue weighted by Crippen LogP contribution is -2.46. The van der Waals surface area contributed by atoms with Gasteiger partial charge in [-0.15, -0.1) is 0 Å². The molecule has 1 saturated heterocycles. The molecule has 7 nitrogen and oxygen atoms in total. The number of carbonyl (C=O) groups is 2. The lowest BCUT2D eigenvalue weighted by atomic mass is 9.84. The molecule has 0 radical (unpaired) electrons. The Morgan fingerprint density at radius 2 is 2.04 bits per heavy atom. The van der Waals surface area contributed by atoms with Crippen molar-refractivity contribution in [2.45, 2.75) is 50.6 Å². The second kappa shape index (κ2) is 7.00. The topological polar surface area (TPSA) is 101 Å². The van der Waals surface area contributed by atoms with Gasteiger partial charge in [-0.1, -0.05) is 30.5 Å². The summed E-state index contributed by atoms with van der Waals surface area (Å²) in [4.78, 5) is 36.2. The Labute approximate surface area is 149 Å². The Morgan fingerprint density at radius 3 is 2.68 bits per heavy atom. The molecule has 134 valence electrons. The van der Waals surface area contributed by atoms with Crippen molar-refractivity contribution in [2.24, 2.45) is 5.92 Å². The number of aliphatic carboxylic acids is 1. The van der Waals surface area contributed by atoms with Gasteiger partial charge in [0.25, 0.3) is 5.69 Å². The average molecular weight is 367 g/mol. The number of nitro benzene ring substituents is 1. The van der Waals surface area contributed by atoms with Gasteiger partial charge in [0.2, 0.25) is 5.91 Å². The van der Waals surface area contributed by atoms with Crippen LogP contribution in [0, 0.1) is 16.0 Å². The van der Waals surface area contributed by atoms with Crippen LogP contribution in [0.15, 0.2) is 18.2 Å². The fraction of sp³-hybridized carbons (Fsp3) is 0.529. The van der Waals surface area contributed by atoms with E-state index in [1.54, 1.807) is 0 Å². The number of non-ortho nitro benzene ring substituents is 1. The lowest BCUT2D eigenvalue weighted by Gasteiger charge is -2.33. The fourth-order valence-corrected chi connectivity index (χ4v) is 4.33. The molecule has 8 heteroatoms. The smallest absolute Gasteiger partial charge is 0.326 e. The van der Waals surface area contributed by atoms with Crippen molar-refractivity contribution in [3.8, 4) is 0 Å². The molecule has 1 amide bonds. The molecule has 0 aromatic heterocycles. The highest BCUT2D eigenvalue weighted by atomic mass is 35.5. The maximum atomic E-state index is 12.8. The standard InChI is InChI=1S/C17H19ClN2O5/c18-13-9-12(20(24)25)6-5-10(13)8-16(21)19-14-4-2-1-3-11(14)7-15(19)17(22)23/h5-6,9,11,14-15H,1-4,7-8H2,(H,22,23). The second-order valence-electron chi connectivity index (χ2n) is 6.71. The average Bonchev–Trinajstić information content (AvgIpc) is 2.96. The number of carboxylic acid groups (broad SMARTS) is 1. The first-order chi connectivity index (χ1) is 11.9. The third-order valence-corrected chi connectivity index (χ3v) is 5.60. The van der Waals surface area contributed by atoms with E-state index >= 15 is 0 Å². The molecule has 3 unspecified atom stereocenters. The largest absolute Gasteiger partial charge is 0.480 e. The van der Waals surface area contributed by atoms with Gasteiger partial charge in [-0.3, -0.25) is 14.9 Å². The Bertz CT molecular complexity index is 723. The number of hydrogen-bond donors (Lipinski definition) is 1. The summed E-state index contributed by atoms with van der Waals surface area (Å²) in [6.45, 7) is 0. The third kappa shape index (κ3) is 3.46. The highest BCUT2D eigenvalue weighted by Gasteiger charge is 2.47. The van der Waals surface area contributed by atoms with Crippen molar-refractivity contribution < 1.29 is 19.6 Å². The van der Waals surface area contributed by atoms with Gasteiger partial charge in [-0.05, 0) is 30.7 Å². The molecule has 25 heavy (non-hydrogen) atoms. The Kier molecular flexibility index (Phi) is 4.94. The van der Waals surface area contributed by atoms with E-state index in [0.29, 0.717) is 12.0 Å². The number of carbonyl (C=O) groups excluding carboxylic acids is 1. The van der Waals surface area contributed by atoms with Gasteiger partial charge in [0, 0.05) is 18.2 Å². The van der Waals surface area contributed by atoms with Crippen molar-refractivity contribution in [3.05, 3.63) is 38.9 Å². The number of likely N-dealkylation sites (tertiary alicyclic amines) is 1. The summed E-state index contributed by atoms with van der Waals surface area (Å²) >= 11 is 6.07. The quantitative estimate of drug-likeness (QED) is 0.652. The molecule has 1 saturated carbocycles. The minimum atomic E-state index is -0.974. The van der Waals surface area contributed by atoms with Crippen LogP contribution in [-0.2, 0) is 16.0 Å². The maximum absolute atomic E-state index is 12.8. The highest BCUT2D eigenvalue weighted by molar-refractivity contribution is 6.31. The van der Waals surface area contributed by atoms with Crippen LogP contribution in [0.1, 0.15) is 37.7 Å². The van der Waals surface area contributed by atoms with Crippen LogP contribution < -0.4 is 0 Å². The number of benzene rings is 1. The molecule has 3 rings (SSSR count). The second-order valence-corrected chi connectivity index (χ2v) is 7.12. The highest BCUT2D eigenvalue weighted by Crippen LogP contribution is 2.40. The predicted octanol–water partition coefficient (Wildman–Crippen LogP) is 3.04. The number of amides is 1. The van der Waals surface area contributed by atoms with Crippen LogP contribution in [0.4, 0.5) is 5.69 Å². The van der Waals surface area contributed by atoms with E-state index in [9.17, 15) is 24.8 Å². The first-order valence-electron chi connectivity index (χ1n) is 8.35. The summed E-state index contributed by atoms with van der Waals surface area (Å²) in [5, 5.41) is 20.4. The summed E-state index contributed by atoms with van der Waals surface area (Å²) in [5.74, 6) is -1.01. The van der Waals surface area contributed by atoms with Crippen LogP contribution in [0.5, 0.6) is 0 Å². The van der Waals surface area contributed by atoms with E-state index in [4.69, 9.17) is 11.6 Å². The fourth-order valence-electron chi connectivity index (χ4n) is 4.09. The zero-order valence-corrected chi connectivity index (χ0v) is 14.3. The zero-order valence-electron chi connectivity index (χ0n) is 13.6. The van der Waals surface area contributed by atoms with Gasteiger partial charge in [0.15, 0.2) is 0 Å². The van der Waals surface area contributed by atoms with Crippen LogP contribution in [0.2, 0.25) is 5.02 Å². The van der Waals surface area contributed by atoms with Crippen LogP contribution >= 0.6 is 11.6 Å². The van der Waals surface area contributed by atoms with Crippen molar-refractivity contribution in [2.75, 3.05) is 0 Å². The molecule has 1 aliphatic carbocycles. The maximum Gasteiger partial charge on any atom is 0.326 e. The Hall–Kier alpha value is -2.15. The first-order valence-corrected chi connectivity index (χ1v) is 8.73. The van der Waals surface area contributed by atoms with Crippen LogP contribution in [0.25, 0.3) is 0 Å². The molecular weight excluding hydrogens is 348 g/mol. The molecule has 0 spiro atoms. The van der Waals surface area contributed by atoms with E-state index < -0.39 is 16.9 Å². The summed E-state index contributed by atoms with van der Waals surface area (Å²) in [5.41, 5.74) is 0.332. The van der Waals surface area contributed by atoms with Gasteiger partial charge in [-0.2, -0.15) is 0 Å². The van der Waals surface area contributed by atoms with Gasteiger partial charge >= 0.3 is 5.97 Å². The number of carboxylic acids is 1. The van der Waals surface area contributed by atoms with Crippen LogP contribution in [-0.4, -0.2) is 38.9 Å². The van der Waals surface area contributed by atoms with Crippen molar-refractivity contribution in [3.63, 3.8) is 0 Å².